The molecule has 1 aliphatic heterocycles. The Morgan fingerprint density at radius 1 is 1.07 bits per heavy atom. The number of sulfone groups is 1. The summed E-state index contributed by atoms with van der Waals surface area (Å²) in [6, 6.07) is 10.1. The Bertz CT molecular complexity index is 1000. The number of carbonyl (C=O) groups is 1. The molecule has 1 saturated heterocycles. The van der Waals surface area contributed by atoms with Crippen molar-refractivity contribution in [1.82, 2.24) is 4.90 Å². The number of carbonyl (C=O) groups excluding carboxylic acids is 1. The highest BCUT2D eigenvalue weighted by Crippen LogP contribution is 2.32. The van der Waals surface area contributed by atoms with Crippen molar-refractivity contribution in [3.05, 3.63) is 71.0 Å². The molecule has 4 nitrogen and oxygen atoms in total. The summed E-state index contributed by atoms with van der Waals surface area (Å²) in [5.74, 6) is -1.42. The average Bonchev–Trinajstić information content (AvgIpc) is 2.80. The van der Waals surface area contributed by atoms with Crippen molar-refractivity contribution in [1.29, 1.82) is 0 Å². The highest BCUT2D eigenvalue weighted by Gasteiger charge is 2.34. The van der Waals surface area contributed by atoms with Crippen molar-refractivity contribution in [2.75, 3.05) is 18.8 Å². The Balaban J connectivity index is 1.75. The van der Waals surface area contributed by atoms with E-state index in [2.05, 4.69) is 0 Å². The number of rotatable bonds is 3. The molecule has 1 heterocycles. The zero-order valence-electron chi connectivity index (χ0n) is 15.3. The predicted molar refractivity (Wildman–Crippen MR) is 99.3 cm³/mol. The summed E-state index contributed by atoms with van der Waals surface area (Å²) in [5.41, 5.74) is -0.580. The van der Waals surface area contributed by atoms with Crippen molar-refractivity contribution < 1.29 is 30.8 Å². The topological polar surface area (TPSA) is 54.5 Å². The van der Waals surface area contributed by atoms with Crippen LogP contribution in [0.25, 0.3) is 0 Å². The first-order valence-corrected chi connectivity index (χ1v) is 10.7. The third-order valence-electron chi connectivity index (χ3n) is 4.95. The molecule has 0 N–H and O–H groups in total. The van der Waals surface area contributed by atoms with Gasteiger partial charge in [0.05, 0.1) is 23.0 Å². The molecule has 1 amide bonds. The fraction of sp³-hybridized carbons (Fsp3) is 0.350. The van der Waals surface area contributed by atoms with Crippen LogP contribution in [-0.4, -0.2) is 38.1 Å². The third kappa shape index (κ3) is 4.95. The molecule has 29 heavy (non-hydrogen) atoms. The van der Waals surface area contributed by atoms with E-state index in [1.54, 1.807) is 6.07 Å². The second kappa shape index (κ2) is 8.14. The number of amides is 1. The van der Waals surface area contributed by atoms with Gasteiger partial charge < -0.3 is 4.90 Å². The van der Waals surface area contributed by atoms with Crippen molar-refractivity contribution in [2.45, 2.75) is 24.3 Å². The van der Waals surface area contributed by atoms with Crippen LogP contribution in [0.5, 0.6) is 0 Å². The minimum atomic E-state index is -4.51. The molecular formula is C20H19F4NO3S. The van der Waals surface area contributed by atoms with Gasteiger partial charge in [-0.25, -0.2) is 12.8 Å². The zero-order valence-corrected chi connectivity index (χ0v) is 16.1. The van der Waals surface area contributed by atoms with E-state index < -0.39 is 38.6 Å². The lowest BCUT2D eigenvalue weighted by Crippen LogP contribution is -2.34. The van der Waals surface area contributed by atoms with Crippen molar-refractivity contribution >= 4 is 15.7 Å². The molecular weight excluding hydrogens is 410 g/mol. The summed E-state index contributed by atoms with van der Waals surface area (Å²) < 4.78 is 77.8. The molecule has 0 bridgehead atoms. The quantitative estimate of drug-likeness (QED) is 0.698. The van der Waals surface area contributed by atoms with Gasteiger partial charge in [-0.05, 0) is 24.1 Å². The summed E-state index contributed by atoms with van der Waals surface area (Å²) >= 11 is 0. The molecule has 156 valence electrons. The van der Waals surface area contributed by atoms with Gasteiger partial charge in [-0.3, -0.25) is 4.79 Å². The number of hydrogen-bond acceptors (Lipinski definition) is 3. The minimum absolute atomic E-state index is 0.0254. The van der Waals surface area contributed by atoms with Crippen LogP contribution in [0.2, 0.25) is 0 Å². The number of benzene rings is 2. The van der Waals surface area contributed by atoms with Crippen LogP contribution in [0.3, 0.4) is 0 Å². The second-order valence-corrected chi connectivity index (χ2v) is 9.22. The van der Waals surface area contributed by atoms with Gasteiger partial charge in [-0.15, -0.1) is 0 Å². The molecule has 3 rings (SSSR count). The maximum Gasteiger partial charge on any atom is 0.416 e. The van der Waals surface area contributed by atoms with E-state index in [0.29, 0.717) is 0 Å². The molecule has 1 aliphatic rings. The molecule has 0 aromatic heterocycles. The number of alkyl halides is 3. The van der Waals surface area contributed by atoms with E-state index in [1.165, 1.54) is 35.2 Å². The minimum Gasteiger partial charge on any atom is -0.341 e. The monoisotopic (exact) mass is 429 g/mol. The Labute approximate surface area is 166 Å². The second-order valence-electron chi connectivity index (χ2n) is 6.92. The number of nitrogens with zero attached hydrogens (tertiary/aromatic N) is 1. The highest BCUT2D eigenvalue weighted by atomic mass is 32.2. The van der Waals surface area contributed by atoms with E-state index in [1.807, 2.05) is 0 Å². The van der Waals surface area contributed by atoms with Crippen molar-refractivity contribution in [3.8, 4) is 0 Å². The van der Waals surface area contributed by atoms with E-state index in [0.717, 1.165) is 12.1 Å². The van der Waals surface area contributed by atoms with E-state index >= 15 is 0 Å². The van der Waals surface area contributed by atoms with Crippen LogP contribution >= 0.6 is 0 Å². The van der Waals surface area contributed by atoms with E-state index in [9.17, 15) is 30.8 Å². The van der Waals surface area contributed by atoms with Gasteiger partial charge in [0.2, 0.25) is 5.91 Å². The lowest BCUT2D eigenvalue weighted by Gasteiger charge is -2.20. The average molecular weight is 429 g/mol. The van der Waals surface area contributed by atoms with Gasteiger partial charge in [0.1, 0.15) is 5.82 Å². The fourth-order valence-corrected chi connectivity index (χ4v) is 5.22. The highest BCUT2D eigenvalue weighted by molar-refractivity contribution is 7.91. The maximum atomic E-state index is 14.1. The molecule has 0 saturated carbocycles. The van der Waals surface area contributed by atoms with E-state index in [-0.39, 0.29) is 42.8 Å². The first-order chi connectivity index (χ1) is 13.6. The lowest BCUT2D eigenvalue weighted by atomic mass is 10.1. The summed E-state index contributed by atoms with van der Waals surface area (Å²) in [6.45, 7) is 0.00110. The van der Waals surface area contributed by atoms with Crippen LogP contribution in [0, 0.1) is 5.82 Å². The van der Waals surface area contributed by atoms with Crippen molar-refractivity contribution in [3.63, 3.8) is 0 Å². The first-order valence-electron chi connectivity index (χ1n) is 8.98. The maximum absolute atomic E-state index is 14.1. The normalized spacial score (nSPS) is 19.6. The van der Waals surface area contributed by atoms with Crippen LogP contribution in [0.4, 0.5) is 17.6 Å². The standard InChI is InChI=1S/C20H19F4NO3S/c21-17-7-2-1-6-16(17)18-8-9-25(10-11-29(18,27)28)19(26)13-14-4-3-5-15(12-14)20(22,23)24/h1-7,12,18H,8-11,13H2/t18-/m1/s1. The molecule has 0 aliphatic carbocycles. The van der Waals surface area contributed by atoms with Crippen LogP contribution in [0.15, 0.2) is 48.5 Å². The third-order valence-corrected chi connectivity index (χ3v) is 7.06. The van der Waals surface area contributed by atoms with Crippen LogP contribution < -0.4 is 0 Å². The predicted octanol–water partition coefficient (Wildman–Crippen LogP) is 3.78. The van der Waals surface area contributed by atoms with Crippen LogP contribution in [-0.2, 0) is 27.2 Å². The molecule has 2 aromatic carbocycles. The summed E-state index contributed by atoms with van der Waals surface area (Å²) in [4.78, 5) is 13.9. The van der Waals surface area contributed by atoms with Gasteiger partial charge in [0, 0.05) is 18.7 Å². The van der Waals surface area contributed by atoms with Crippen LogP contribution in [0.1, 0.15) is 28.4 Å². The Morgan fingerprint density at radius 3 is 2.48 bits per heavy atom. The summed E-state index contributed by atoms with van der Waals surface area (Å²) in [6.07, 6.45) is -4.76. The Morgan fingerprint density at radius 2 is 1.79 bits per heavy atom. The first kappa shape index (κ1) is 21.3. The Kier molecular flexibility index (Phi) is 5.97. The van der Waals surface area contributed by atoms with Gasteiger partial charge in [0.25, 0.3) is 0 Å². The molecule has 0 spiro atoms. The van der Waals surface area contributed by atoms with Gasteiger partial charge >= 0.3 is 6.18 Å². The zero-order chi connectivity index (χ0) is 21.2. The Hall–Kier alpha value is -2.42. The molecule has 0 radical (unpaired) electrons. The molecule has 0 unspecified atom stereocenters. The van der Waals surface area contributed by atoms with Crippen molar-refractivity contribution in [2.24, 2.45) is 0 Å². The summed E-state index contributed by atoms with van der Waals surface area (Å²) in [5, 5.41) is -1.06. The van der Waals surface area contributed by atoms with E-state index in [4.69, 9.17) is 0 Å². The SMILES string of the molecule is O=C(Cc1cccc(C(F)(F)F)c1)N1CC[C@H](c2ccccc2F)S(=O)(=O)CC1. The van der Waals surface area contributed by atoms with Gasteiger partial charge in [-0.2, -0.15) is 13.2 Å². The number of hydrogen-bond donors (Lipinski definition) is 0. The lowest BCUT2D eigenvalue weighted by molar-refractivity contribution is -0.138. The smallest absolute Gasteiger partial charge is 0.341 e. The van der Waals surface area contributed by atoms with Gasteiger partial charge in [-0.1, -0.05) is 36.4 Å². The summed E-state index contributed by atoms with van der Waals surface area (Å²) in [7, 11) is -3.68. The molecule has 2 aromatic rings. The molecule has 9 heteroatoms. The molecule has 1 fully saturated rings. The fourth-order valence-electron chi connectivity index (χ4n) is 3.42. The van der Waals surface area contributed by atoms with Gasteiger partial charge in [0.15, 0.2) is 9.84 Å². The molecule has 1 atom stereocenters. The largest absolute Gasteiger partial charge is 0.416 e. The number of halogens is 4.